The van der Waals surface area contributed by atoms with Crippen LogP contribution in [0, 0.1) is 0 Å². The van der Waals surface area contributed by atoms with Gasteiger partial charge >= 0.3 is 0 Å². The number of fused-ring (bicyclic) bond motifs is 1. The third kappa shape index (κ3) is 4.45. The third-order valence-electron chi connectivity index (χ3n) is 4.53. The zero-order chi connectivity index (χ0) is 19.4. The van der Waals surface area contributed by atoms with Gasteiger partial charge < -0.3 is 27.5 Å². The number of nitrogen functional groups attached to an aromatic ring is 1. The van der Waals surface area contributed by atoms with Gasteiger partial charge in [-0.2, -0.15) is 0 Å². The van der Waals surface area contributed by atoms with E-state index in [0.717, 1.165) is 22.0 Å². The number of rotatable bonds is 7. The summed E-state index contributed by atoms with van der Waals surface area (Å²) in [6, 6.07) is 13.2. The van der Waals surface area contributed by atoms with Gasteiger partial charge in [0.1, 0.15) is 6.04 Å². The Balaban J connectivity index is 1.67. The summed E-state index contributed by atoms with van der Waals surface area (Å²) in [5.41, 5.74) is 20.5. The summed E-state index contributed by atoms with van der Waals surface area (Å²) in [5.74, 6) is -1.02. The van der Waals surface area contributed by atoms with Crippen LogP contribution in [-0.2, 0) is 22.4 Å². The lowest BCUT2D eigenvalue weighted by Crippen LogP contribution is -2.51. The number of aromatic nitrogens is 1. The van der Waals surface area contributed by atoms with Crippen molar-refractivity contribution in [2.24, 2.45) is 11.5 Å². The normalized spacial score (nSPS) is 13.2. The Morgan fingerprint density at radius 2 is 1.74 bits per heavy atom. The van der Waals surface area contributed by atoms with Gasteiger partial charge in [0, 0.05) is 29.2 Å². The quantitative estimate of drug-likeness (QED) is 0.396. The summed E-state index contributed by atoms with van der Waals surface area (Å²) in [4.78, 5) is 27.4. The van der Waals surface area contributed by atoms with Crippen LogP contribution in [0.2, 0.25) is 0 Å². The second-order valence-electron chi connectivity index (χ2n) is 6.58. The Labute approximate surface area is 156 Å². The highest BCUT2D eigenvalue weighted by atomic mass is 16.2. The maximum atomic E-state index is 12.4. The summed E-state index contributed by atoms with van der Waals surface area (Å²) in [5, 5.41) is 3.66. The van der Waals surface area contributed by atoms with Crippen molar-refractivity contribution in [1.82, 2.24) is 10.3 Å². The van der Waals surface area contributed by atoms with E-state index in [1.807, 2.05) is 42.6 Å². The standard InChI is InChI=1S/C20H23N5O2/c21-14-7-5-12(6-8-14)9-16(22)20(27)25-18(19(23)26)10-13-11-24-17-4-2-1-3-15(13)17/h1-8,11,16,18,24H,9-10,21-22H2,(H2,23,26)(H,25,27)/t16-,18-/m0/s1. The van der Waals surface area contributed by atoms with Crippen LogP contribution < -0.4 is 22.5 Å². The molecule has 2 amide bonds. The number of hydrogen-bond acceptors (Lipinski definition) is 4. The molecule has 7 heteroatoms. The first-order valence-corrected chi connectivity index (χ1v) is 8.68. The molecular weight excluding hydrogens is 342 g/mol. The number of benzene rings is 2. The lowest BCUT2D eigenvalue weighted by atomic mass is 10.0. The van der Waals surface area contributed by atoms with E-state index >= 15 is 0 Å². The number of H-pyrrole nitrogens is 1. The summed E-state index contributed by atoms with van der Waals surface area (Å²) < 4.78 is 0. The first-order valence-electron chi connectivity index (χ1n) is 8.68. The van der Waals surface area contributed by atoms with Crippen LogP contribution in [0.1, 0.15) is 11.1 Å². The van der Waals surface area contributed by atoms with Crippen molar-refractivity contribution in [2.45, 2.75) is 24.9 Å². The lowest BCUT2D eigenvalue weighted by molar-refractivity contribution is -0.128. The number of anilines is 1. The molecule has 0 spiro atoms. The molecule has 140 valence electrons. The average Bonchev–Trinajstić information content (AvgIpc) is 3.06. The van der Waals surface area contributed by atoms with Crippen LogP contribution >= 0.6 is 0 Å². The van der Waals surface area contributed by atoms with Crippen molar-refractivity contribution >= 4 is 28.4 Å². The Morgan fingerprint density at radius 1 is 1.04 bits per heavy atom. The molecule has 0 fully saturated rings. The van der Waals surface area contributed by atoms with Gasteiger partial charge in [-0.15, -0.1) is 0 Å². The number of nitrogens with one attached hydrogen (secondary N) is 2. The number of amides is 2. The molecule has 0 aliphatic carbocycles. The van der Waals surface area contributed by atoms with Crippen molar-refractivity contribution in [3.63, 3.8) is 0 Å². The zero-order valence-electron chi connectivity index (χ0n) is 14.8. The van der Waals surface area contributed by atoms with E-state index in [0.29, 0.717) is 18.5 Å². The average molecular weight is 365 g/mol. The molecule has 0 unspecified atom stereocenters. The van der Waals surface area contributed by atoms with Gasteiger partial charge in [0.2, 0.25) is 11.8 Å². The molecule has 0 aliphatic heterocycles. The fraction of sp³-hybridized carbons (Fsp3) is 0.200. The molecule has 8 N–H and O–H groups in total. The van der Waals surface area contributed by atoms with Gasteiger partial charge in [-0.3, -0.25) is 9.59 Å². The second-order valence-corrected chi connectivity index (χ2v) is 6.58. The van der Waals surface area contributed by atoms with Crippen LogP contribution in [-0.4, -0.2) is 28.9 Å². The molecule has 0 aliphatic rings. The Kier molecular flexibility index (Phi) is 5.42. The molecule has 0 radical (unpaired) electrons. The van der Waals surface area contributed by atoms with Gasteiger partial charge in [0.05, 0.1) is 6.04 Å². The van der Waals surface area contributed by atoms with Crippen LogP contribution in [0.5, 0.6) is 0 Å². The van der Waals surface area contributed by atoms with Crippen molar-refractivity contribution < 1.29 is 9.59 Å². The summed E-state index contributed by atoms with van der Waals surface area (Å²) in [7, 11) is 0. The molecule has 1 heterocycles. The van der Waals surface area contributed by atoms with Gasteiger partial charge in [-0.25, -0.2) is 0 Å². The molecular formula is C20H23N5O2. The minimum absolute atomic E-state index is 0.291. The molecule has 2 atom stereocenters. The molecule has 0 saturated heterocycles. The number of carbonyl (C=O) groups excluding carboxylic acids is 2. The highest BCUT2D eigenvalue weighted by molar-refractivity contribution is 5.90. The molecule has 27 heavy (non-hydrogen) atoms. The molecule has 2 aromatic carbocycles. The zero-order valence-corrected chi connectivity index (χ0v) is 14.8. The smallest absolute Gasteiger partial charge is 0.240 e. The van der Waals surface area contributed by atoms with E-state index in [4.69, 9.17) is 17.2 Å². The number of para-hydroxylation sites is 1. The second kappa shape index (κ2) is 7.92. The first kappa shape index (κ1) is 18.5. The van der Waals surface area contributed by atoms with Gasteiger partial charge in [0.25, 0.3) is 0 Å². The maximum Gasteiger partial charge on any atom is 0.240 e. The van der Waals surface area contributed by atoms with Crippen LogP contribution in [0.25, 0.3) is 10.9 Å². The lowest BCUT2D eigenvalue weighted by Gasteiger charge is -2.18. The monoisotopic (exact) mass is 365 g/mol. The van der Waals surface area contributed by atoms with Crippen molar-refractivity contribution in [3.8, 4) is 0 Å². The molecule has 7 nitrogen and oxygen atoms in total. The fourth-order valence-electron chi connectivity index (χ4n) is 3.02. The van der Waals surface area contributed by atoms with Crippen LogP contribution in [0.3, 0.4) is 0 Å². The fourth-order valence-corrected chi connectivity index (χ4v) is 3.02. The summed E-state index contributed by atoms with van der Waals surface area (Å²) in [6.07, 6.45) is 2.45. The Hall–Kier alpha value is -3.32. The van der Waals surface area contributed by atoms with E-state index < -0.39 is 23.9 Å². The summed E-state index contributed by atoms with van der Waals surface area (Å²) >= 11 is 0. The van der Waals surface area contributed by atoms with E-state index in [9.17, 15) is 9.59 Å². The highest BCUT2D eigenvalue weighted by Gasteiger charge is 2.23. The van der Waals surface area contributed by atoms with Crippen molar-refractivity contribution in [1.29, 1.82) is 0 Å². The molecule has 0 bridgehead atoms. The number of carbonyl (C=O) groups is 2. The predicted molar refractivity (Wildman–Crippen MR) is 106 cm³/mol. The summed E-state index contributed by atoms with van der Waals surface area (Å²) in [6.45, 7) is 0. The van der Waals surface area contributed by atoms with E-state index in [-0.39, 0.29) is 0 Å². The van der Waals surface area contributed by atoms with Crippen LogP contribution in [0.4, 0.5) is 5.69 Å². The third-order valence-corrected chi connectivity index (χ3v) is 4.53. The molecule has 3 aromatic rings. The molecule has 1 aromatic heterocycles. The maximum absolute atomic E-state index is 12.4. The van der Waals surface area contributed by atoms with Crippen molar-refractivity contribution in [2.75, 3.05) is 5.73 Å². The van der Waals surface area contributed by atoms with Crippen molar-refractivity contribution in [3.05, 3.63) is 65.9 Å². The van der Waals surface area contributed by atoms with E-state index in [1.165, 1.54) is 0 Å². The SMILES string of the molecule is NC(=O)[C@H](Cc1c[nH]c2ccccc12)NC(=O)[C@@H](N)Cc1ccc(N)cc1. The number of primary amides is 1. The highest BCUT2D eigenvalue weighted by Crippen LogP contribution is 2.19. The van der Waals surface area contributed by atoms with E-state index in [2.05, 4.69) is 10.3 Å². The van der Waals surface area contributed by atoms with Crippen LogP contribution in [0.15, 0.2) is 54.7 Å². The number of nitrogens with two attached hydrogens (primary N) is 3. The molecule has 3 rings (SSSR count). The minimum Gasteiger partial charge on any atom is -0.399 e. The largest absolute Gasteiger partial charge is 0.399 e. The van der Waals surface area contributed by atoms with Gasteiger partial charge in [-0.05, 0) is 35.7 Å². The number of aromatic amines is 1. The first-order chi connectivity index (χ1) is 12.9. The van der Waals surface area contributed by atoms with Gasteiger partial charge in [-0.1, -0.05) is 30.3 Å². The minimum atomic E-state index is -0.839. The van der Waals surface area contributed by atoms with Gasteiger partial charge in [0.15, 0.2) is 0 Å². The topological polar surface area (TPSA) is 140 Å². The Bertz CT molecular complexity index is 948. The molecule has 0 saturated carbocycles. The number of hydrogen-bond donors (Lipinski definition) is 5. The van der Waals surface area contributed by atoms with E-state index in [1.54, 1.807) is 12.1 Å². The Morgan fingerprint density at radius 3 is 2.44 bits per heavy atom. The predicted octanol–water partition coefficient (Wildman–Crippen LogP) is 0.833.